The summed E-state index contributed by atoms with van der Waals surface area (Å²) in [7, 11) is 0. The largest absolute Gasteiger partial charge is 0.378 e. The number of morpholine rings is 1. The fourth-order valence-electron chi connectivity index (χ4n) is 3.26. The lowest BCUT2D eigenvalue weighted by molar-refractivity contribution is -0.136. The number of hydrogen-bond donors (Lipinski definition) is 2. The average Bonchev–Trinajstić information content (AvgIpc) is 2.54. The first-order valence-corrected chi connectivity index (χ1v) is 7.97. The Hall–Kier alpha value is -0.850. The van der Waals surface area contributed by atoms with E-state index in [-0.39, 0.29) is 36.2 Å². The highest BCUT2D eigenvalue weighted by Crippen LogP contribution is 2.38. The van der Waals surface area contributed by atoms with E-state index in [0.29, 0.717) is 39.3 Å². The third-order valence-corrected chi connectivity index (χ3v) is 4.68. The van der Waals surface area contributed by atoms with Crippen LogP contribution in [0.2, 0.25) is 0 Å². The number of rotatable bonds is 5. The minimum atomic E-state index is -0.0519. The number of amides is 2. The summed E-state index contributed by atoms with van der Waals surface area (Å²) >= 11 is 0. The second-order valence-corrected chi connectivity index (χ2v) is 6.21. The first-order valence-electron chi connectivity index (χ1n) is 7.97. The Morgan fingerprint density at radius 3 is 2.36 bits per heavy atom. The molecule has 1 saturated heterocycles. The molecule has 2 fully saturated rings. The van der Waals surface area contributed by atoms with Gasteiger partial charge in [-0.05, 0) is 24.8 Å². The number of ether oxygens (including phenoxy) is 1. The summed E-state index contributed by atoms with van der Waals surface area (Å²) in [6, 6.07) is 0. The summed E-state index contributed by atoms with van der Waals surface area (Å²) in [5.41, 5.74) is 5.84. The maximum atomic E-state index is 12.1. The lowest BCUT2D eigenvalue weighted by Crippen LogP contribution is -2.46. The molecule has 128 valence electrons. The van der Waals surface area contributed by atoms with Crippen LogP contribution in [0.1, 0.15) is 38.5 Å². The number of carbonyl (C=O) groups excluding carboxylic acids is 2. The van der Waals surface area contributed by atoms with Crippen molar-refractivity contribution >= 4 is 24.2 Å². The van der Waals surface area contributed by atoms with E-state index >= 15 is 0 Å². The van der Waals surface area contributed by atoms with Crippen LogP contribution in [-0.2, 0) is 14.3 Å². The molecule has 0 spiro atoms. The van der Waals surface area contributed by atoms with Crippen LogP contribution in [0.3, 0.4) is 0 Å². The number of hydrogen-bond acceptors (Lipinski definition) is 4. The van der Waals surface area contributed by atoms with E-state index in [9.17, 15) is 9.59 Å². The summed E-state index contributed by atoms with van der Waals surface area (Å²) in [4.78, 5) is 25.8. The standard InChI is InChI=1S/C15H27N3O3.ClH/c16-12-15(4-2-1-3-5-15)10-13(19)17-11-14(20)18-6-8-21-9-7-18;/h1-12,16H2,(H,17,19);1H. The number of nitrogens with two attached hydrogens (primary N) is 1. The van der Waals surface area contributed by atoms with Gasteiger partial charge in [0.05, 0.1) is 19.8 Å². The van der Waals surface area contributed by atoms with Gasteiger partial charge in [0.2, 0.25) is 11.8 Å². The molecule has 6 nitrogen and oxygen atoms in total. The molecule has 1 heterocycles. The van der Waals surface area contributed by atoms with E-state index in [1.165, 1.54) is 6.42 Å². The van der Waals surface area contributed by atoms with Crippen molar-refractivity contribution in [2.24, 2.45) is 11.1 Å². The highest BCUT2D eigenvalue weighted by Gasteiger charge is 2.33. The first kappa shape index (κ1) is 19.2. The molecular formula is C15H28ClN3O3. The molecule has 0 radical (unpaired) electrons. The molecule has 0 aromatic heterocycles. The van der Waals surface area contributed by atoms with Gasteiger partial charge in [-0.3, -0.25) is 9.59 Å². The molecule has 7 heteroatoms. The number of nitrogens with zero attached hydrogens (tertiary/aromatic N) is 1. The molecule has 2 amide bonds. The van der Waals surface area contributed by atoms with Crippen LogP contribution < -0.4 is 11.1 Å². The molecule has 2 aliphatic rings. The third kappa shape index (κ3) is 5.41. The van der Waals surface area contributed by atoms with Crippen LogP contribution in [0.5, 0.6) is 0 Å². The second-order valence-electron chi connectivity index (χ2n) is 6.21. The summed E-state index contributed by atoms with van der Waals surface area (Å²) in [5, 5.41) is 2.76. The molecule has 2 rings (SSSR count). The maximum absolute atomic E-state index is 12.1. The minimum Gasteiger partial charge on any atom is -0.378 e. The third-order valence-electron chi connectivity index (χ3n) is 4.68. The van der Waals surface area contributed by atoms with Crippen LogP contribution in [0, 0.1) is 5.41 Å². The predicted molar refractivity (Wildman–Crippen MR) is 86.8 cm³/mol. The molecule has 0 atom stereocenters. The van der Waals surface area contributed by atoms with E-state index < -0.39 is 0 Å². The van der Waals surface area contributed by atoms with Crippen molar-refractivity contribution < 1.29 is 14.3 Å². The van der Waals surface area contributed by atoms with Crippen LogP contribution in [0.4, 0.5) is 0 Å². The van der Waals surface area contributed by atoms with Crippen molar-refractivity contribution in [1.29, 1.82) is 0 Å². The van der Waals surface area contributed by atoms with Crippen LogP contribution in [0.25, 0.3) is 0 Å². The zero-order chi connectivity index (χ0) is 15.1. The van der Waals surface area contributed by atoms with E-state index in [1.54, 1.807) is 4.90 Å². The Kier molecular flexibility index (Phi) is 8.14. The van der Waals surface area contributed by atoms with E-state index in [0.717, 1.165) is 25.7 Å². The Morgan fingerprint density at radius 2 is 1.77 bits per heavy atom. The molecule has 1 saturated carbocycles. The Labute approximate surface area is 138 Å². The molecular weight excluding hydrogens is 306 g/mol. The predicted octanol–water partition coefficient (Wildman–Crippen LogP) is 0.682. The molecule has 0 aromatic rings. The minimum absolute atomic E-state index is 0. The van der Waals surface area contributed by atoms with Gasteiger partial charge in [-0.15, -0.1) is 12.4 Å². The fraction of sp³-hybridized carbons (Fsp3) is 0.867. The van der Waals surface area contributed by atoms with Gasteiger partial charge in [-0.2, -0.15) is 0 Å². The summed E-state index contributed by atoms with van der Waals surface area (Å²) in [5.74, 6) is -0.0824. The smallest absolute Gasteiger partial charge is 0.242 e. The molecule has 1 aliphatic carbocycles. The van der Waals surface area contributed by atoms with Gasteiger partial charge in [-0.1, -0.05) is 19.3 Å². The van der Waals surface area contributed by atoms with Gasteiger partial charge in [0.15, 0.2) is 0 Å². The van der Waals surface area contributed by atoms with Crippen molar-refractivity contribution in [3.05, 3.63) is 0 Å². The van der Waals surface area contributed by atoms with Crippen molar-refractivity contribution in [1.82, 2.24) is 10.2 Å². The molecule has 0 aromatic carbocycles. The summed E-state index contributed by atoms with van der Waals surface area (Å²) in [6.45, 7) is 3.02. The molecule has 0 unspecified atom stereocenters. The summed E-state index contributed by atoms with van der Waals surface area (Å²) < 4.78 is 5.21. The zero-order valence-electron chi connectivity index (χ0n) is 13.1. The molecule has 3 N–H and O–H groups in total. The second kappa shape index (κ2) is 9.33. The highest BCUT2D eigenvalue weighted by molar-refractivity contribution is 5.85. The van der Waals surface area contributed by atoms with Gasteiger partial charge in [0.25, 0.3) is 0 Å². The van der Waals surface area contributed by atoms with Crippen LogP contribution >= 0.6 is 12.4 Å². The van der Waals surface area contributed by atoms with Crippen molar-refractivity contribution in [3.8, 4) is 0 Å². The number of nitrogens with one attached hydrogen (secondary N) is 1. The van der Waals surface area contributed by atoms with E-state index in [2.05, 4.69) is 5.32 Å². The monoisotopic (exact) mass is 333 g/mol. The number of carbonyl (C=O) groups is 2. The van der Waals surface area contributed by atoms with E-state index in [1.807, 2.05) is 0 Å². The van der Waals surface area contributed by atoms with Gasteiger partial charge >= 0.3 is 0 Å². The Morgan fingerprint density at radius 1 is 1.14 bits per heavy atom. The maximum Gasteiger partial charge on any atom is 0.242 e. The topological polar surface area (TPSA) is 84.7 Å². The van der Waals surface area contributed by atoms with E-state index in [4.69, 9.17) is 10.5 Å². The Balaban J connectivity index is 0.00000242. The van der Waals surface area contributed by atoms with Gasteiger partial charge in [0.1, 0.15) is 0 Å². The SMILES string of the molecule is Cl.NCC1(CC(=O)NCC(=O)N2CCOCC2)CCCCC1. The Bertz CT molecular complexity index is 367. The van der Waals surface area contributed by atoms with Gasteiger partial charge in [-0.25, -0.2) is 0 Å². The zero-order valence-corrected chi connectivity index (χ0v) is 14.0. The summed E-state index contributed by atoms with van der Waals surface area (Å²) in [6.07, 6.45) is 6.02. The van der Waals surface area contributed by atoms with Crippen LogP contribution in [-0.4, -0.2) is 56.1 Å². The lowest BCUT2D eigenvalue weighted by atomic mass is 9.71. The fourth-order valence-corrected chi connectivity index (χ4v) is 3.26. The molecule has 22 heavy (non-hydrogen) atoms. The van der Waals surface area contributed by atoms with Gasteiger partial charge < -0.3 is 20.7 Å². The van der Waals surface area contributed by atoms with Crippen molar-refractivity contribution in [2.75, 3.05) is 39.4 Å². The first-order chi connectivity index (χ1) is 10.2. The van der Waals surface area contributed by atoms with Gasteiger partial charge in [0, 0.05) is 19.5 Å². The van der Waals surface area contributed by atoms with Crippen molar-refractivity contribution in [3.63, 3.8) is 0 Å². The molecule has 0 bridgehead atoms. The normalized spacial score (nSPS) is 20.9. The highest BCUT2D eigenvalue weighted by atomic mass is 35.5. The number of halogens is 1. The molecule has 1 aliphatic heterocycles. The quantitative estimate of drug-likeness (QED) is 0.775. The van der Waals surface area contributed by atoms with Crippen molar-refractivity contribution in [2.45, 2.75) is 38.5 Å². The van der Waals surface area contributed by atoms with Crippen LogP contribution in [0.15, 0.2) is 0 Å². The average molecular weight is 334 g/mol. The lowest BCUT2D eigenvalue weighted by Gasteiger charge is -2.35.